The highest BCUT2D eigenvalue weighted by Gasteiger charge is 2.22. The second-order valence-corrected chi connectivity index (χ2v) is 5.15. The summed E-state index contributed by atoms with van der Waals surface area (Å²) >= 11 is 0. The van der Waals surface area contributed by atoms with Crippen molar-refractivity contribution in [3.63, 3.8) is 0 Å². The van der Waals surface area contributed by atoms with Crippen molar-refractivity contribution in [2.24, 2.45) is 0 Å². The molecule has 2 heterocycles. The van der Waals surface area contributed by atoms with Crippen molar-refractivity contribution in [3.8, 4) is 0 Å². The van der Waals surface area contributed by atoms with E-state index in [2.05, 4.69) is 34.1 Å². The first-order valence-corrected chi connectivity index (χ1v) is 7.01. The molecule has 1 saturated heterocycles. The molecule has 1 aliphatic rings. The number of benzene rings is 1. The summed E-state index contributed by atoms with van der Waals surface area (Å²) in [7, 11) is 0. The predicted molar refractivity (Wildman–Crippen MR) is 78.4 cm³/mol. The minimum Gasteiger partial charge on any atom is -0.367 e. The van der Waals surface area contributed by atoms with Crippen LogP contribution in [0.4, 0.5) is 0 Å². The molecule has 0 atom stereocenters. The van der Waals surface area contributed by atoms with Gasteiger partial charge < -0.3 is 9.88 Å². The van der Waals surface area contributed by atoms with Crippen LogP contribution in [0.25, 0.3) is 0 Å². The summed E-state index contributed by atoms with van der Waals surface area (Å²) < 4.78 is 0. The van der Waals surface area contributed by atoms with Gasteiger partial charge in [-0.05, 0) is 11.6 Å². The molecule has 0 unspecified atom stereocenters. The number of aromatic amines is 1. The normalized spacial score (nSPS) is 16.3. The number of nitrogens with zero attached hydrogens (tertiary/aromatic N) is 2. The number of amides is 1. The number of nitrogens with one attached hydrogen (secondary N) is 1. The van der Waals surface area contributed by atoms with E-state index in [1.165, 1.54) is 5.56 Å². The lowest BCUT2D eigenvalue weighted by atomic mass is 10.2. The molecule has 104 valence electrons. The minimum absolute atomic E-state index is 0.130. The molecule has 3 rings (SSSR count). The Morgan fingerprint density at radius 2 is 1.80 bits per heavy atom. The Labute approximate surface area is 119 Å². The number of carbonyl (C=O) groups is 1. The standard InChI is InChI=1S/C16H19N3O/c20-16(15-6-7-17-12-15)19-10-8-18(9-11-19)13-14-4-2-1-3-5-14/h1-7,12,17H,8-11,13H2. The third-order valence-corrected chi connectivity index (χ3v) is 3.75. The molecule has 2 aromatic rings. The van der Waals surface area contributed by atoms with Gasteiger partial charge in [-0.15, -0.1) is 0 Å². The Balaban J connectivity index is 1.53. The van der Waals surface area contributed by atoms with E-state index in [-0.39, 0.29) is 5.91 Å². The van der Waals surface area contributed by atoms with Gasteiger partial charge in [-0.2, -0.15) is 0 Å². The molecule has 0 aliphatic carbocycles. The molecule has 0 saturated carbocycles. The van der Waals surface area contributed by atoms with Crippen LogP contribution >= 0.6 is 0 Å². The molecule has 1 N–H and O–H groups in total. The van der Waals surface area contributed by atoms with Crippen LogP contribution in [0.2, 0.25) is 0 Å². The molecule has 1 aromatic heterocycles. The van der Waals surface area contributed by atoms with E-state index in [1.54, 1.807) is 12.4 Å². The van der Waals surface area contributed by atoms with E-state index in [0.717, 1.165) is 38.3 Å². The highest BCUT2D eigenvalue weighted by atomic mass is 16.2. The number of carbonyl (C=O) groups excluding carboxylic acids is 1. The van der Waals surface area contributed by atoms with Gasteiger partial charge >= 0.3 is 0 Å². The Bertz CT molecular complexity index is 542. The molecule has 0 bridgehead atoms. The Kier molecular flexibility index (Phi) is 3.83. The van der Waals surface area contributed by atoms with Gasteiger partial charge in [-0.3, -0.25) is 9.69 Å². The Morgan fingerprint density at radius 3 is 2.45 bits per heavy atom. The smallest absolute Gasteiger partial charge is 0.255 e. The maximum atomic E-state index is 12.2. The van der Waals surface area contributed by atoms with Crippen molar-refractivity contribution in [2.45, 2.75) is 6.54 Å². The lowest BCUT2D eigenvalue weighted by Gasteiger charge is -2.34. The van der Waals surface area contributed by atoms with Crippen molar-refractivity contribution in [1.82, 2.24) is 14.8 Å². The van der Waals surface area contributed by atoms with Crippen LogP contribution in [0.1, 0.15) is 15.9 Å². The maximum Gasteiger partial charge on any atom is 0.255 e. The Hall–Kier alpha value is -2.07. The number of aromatic nitrogens is 1. The lowest BCUT2D eigenvalue weighted by molar-refractivity contribution is 0.0628. The summed E-state index contributed by atoms with van der Waals surface area (Å²) in [5, 5.41) is 0. The summed E-state index contributed by atoms with van der Waals surface area (Å²) in [6, 6.07) is 12.3. The highest BCUT2D eigenvalue weighted by molar-refractivity contribution is 5.94. The average Bonchev–Trinajstić information content (AvgIpc) is 3.03. The van der Waals surface area contributed by atoms with E-state index in [0.29, 0.717) is 0 Å². The third kappa shape index (κ3) is 2.91. The van der Waals surface area contributed by atoms with Crippen LogP contribution in [0.15, 0.2) is 48.8 Å². The zero-order valence-electron chi connectivity index (χ0n) is 11.5. The van der Waals surface area contributed by atoms with Gasteiger partial charge in [-0.25, -0.2) is 0 Å². The number of hydrogen-bond donors (Lipinski definition) is 1. The molecule has 4 nitrogen and oxygen atoms in total. The summed E-state index contributed by atoms with van der Waals surface area (Å²) in [4.78, 5) is 19.5. The van der Waals surface area contributed by atoms with Gasteiger partial charge in [0.1, 0.15) is 0 Å². The molecule has 1 aromatic carbocycles. The summed E-state index contributed by atoms with van der Waals surface area (Å²) in [6.07, 6.45) is 3.55. The molecular formula is C16H19N3O. The molecular weight excluding hydrogens is 250 g/mol. The first-order chi connectivity index (χ1) is 9.83. The Morgan fingerprint density at radius 1 is 1.05 bits per heavy atom. The van der Waals surface area contributed by atoms with Gasteiger partial charge in [-0.1, -0.05) is 30.3 Å². The second kappa shape index (κ2) is 5.92. The molecule has 4 heteroatoms. The van der Waals surface area contributed by atoms with Crippen LogP contribution in [0.5, 0.6) is 0 Å². The van der Waals surface area contributed by atoms with Gasteiger partial charge in [0.15, 0.2) is 0 Å². The molecule has 1 fully saturated rings. The van der Waals surface area contributed by atoms with E-state index >= 15 is 0 Å². The van der Waals surface area contributed by atoms with Gasteiger partial charge in [0, 0.05) is 45.1 Å². The fourth-order valence-corrected chi connectivity index (χ4v) is 2.59. The largest absolute Gasteiger partial charge is 0.367 e. The number of piperazine rings is 1. The van der Waals surface area contributed by atoms with Crippen LogP contribution in [0.3, 0.4) is 0 Å². The zero-order chi connectivity index (χ0) is 13.8. The van der Waals surface area contributed by atoms with E-state index in [1.807, 2.05) is 17.0 Å². The fourth-order valence-electron chi connectivity index (χ4n) is 2.59. The van der Waals surface area contributed by atoms with Crippen LogP contribution in [0, 0.1) is 0 Å². The average molecular weight is 269 g/mol. The van der Waals surface area contributed by atoms with E-state index < -0.39 is 0 Å². The molecule has 0 radical (unpaired) electrons. The SMILES string of the molecule is O=C(c1cc[nH]c1)N1CCN(Cc2ccccc2)CC1. The van der Waals surface area contributed by atoms with Crippen LogP contribution in [-0.4, -0.2) is 46.9 Å². The quantitative estimate of drug-likeness (QED) is 0.925. The minimum atomic E-state index is 0.130. The predicted octanol–water partition coefficient (Wildman–Crippen LogP) is 1.97. The van der Waals surface area contributed by atoms with Crippen molar-refractivity contribution in [1.29, 1.82) is 0 Å². The monoisotopic (exact) mass is 269 g/mol. The number of rotatable bonds is 3. The first kappa shape index (κ1) is 12.9. The summed E-state index contributed by atoms with van der Waals surface area (Å²) in [5.41, 5.74) is 2.08. The lowest BCUT2D eigenvalue weighted by Crippen LogP contribution is -2.48. The molecule has 1 amide bonds. The topological polar surface area (TPSA) is 39.3 Å². The van der Waals surface area contributed by atoms with Gasteiger partial charge in [0.2, 0.25) is 0 Å². The van der Waals surface area contributed by atoms with Crippen molar-refractivity contribution in [3.05, 3.63) is 59.9 Å². The highest BCUT2D eigenvalue weighted by Crippen LogP contribution is 2.11. The second-order valence-electron chi connectivity index (χ2n) is 5.15. The number of H-pyrrole nitrogens is 1. The summed E-state index contributed by atoms with van der Waals surface area (Å²) in [6.45, 7) is 4.44. The van der Waals surface area contributed by atoms with E-state index in [9.17, 15) is 4.79 Å². The molecule has 0 spiro atoms. The van der Waals surface area contributed by atoms with Crippen molar-refractivity contribution < 1.29 is 4.79 Å². The van der Waals surface area contributed by atoms with Crippen molar-refractivity contribution >= 4 is 5.91 Å². The van der Waals surface area contributed by atoms with E-state index in [4.69, 9.17) is 0 Å². The van der Waals surface area contributed by atoms with Crippen LogP contribution in [-0.2, 0) is 6.54 Å². The molecule has 1 aliphatic heterocycles. The number of hydrogen-bond acceptors (Lipinski definition) is 2. The van der Waals surface area contributed by atoms with Gasteiger partial charge in [0.05, 0.1) is 5.56 Å². The molecule has 20 heavy (non-hydrogen) atoms. The zero-order valence-corrected chi connectivity index (χ0v) is 11.5. The van der Waals surface area contributed by atoms with Crippen molar-refractivity contribution in [2.75, 3.05) is 26.2 Å². The van der Waals surface area contributed by atoms with Crippen LogP contribution < -0.4 is 0 Å². The summed E-state index contributed by atoms with van der Waals surface area (Å²) in [5.74, 6) is 0.130. The maximum absolute atomic E-state index is 12.2. The van der Waals surface area contributed by atoms with Gasteiger partial charge in [0.25, 0.3) is 5.91 Å². The first-order valence-electron chi connectivity index (χ1n) is 7.01. The third-order valence-electron chi connectivity index (χ3n) is 3.75. The fraction of sp³-hybridized carbons (Fsp3) is 0.312.